The van der Waals surface area contributed by atoms with Gasteiger partial charge < -0.3 is 15.5 Å². The molecule has 0 spiro atoms. The Morgan fingerprint density at radius 1 is 1.21 bits per heavy atom. The van der Waals surface area contributed by atoms with Gasteiger partial charge in [-0.2, -0.15) is 5.26 Å². The van der Waals surface area contributed by atoms with Gasteiger partial charge in [0.15, 0.2) is 9.84 Å². The molecule has 0 unspecified atom stereocenters. The molecule has 2 aromatic carbocycles. The first-order valence-electron chi connectivity index (χ1n) is 9.48. The maximum atomic E-state index is 12.2. The zero-order chi connectivity index (χ0) is 20.9. The average Bonchev–Trinajstić information content (AvgIpc) is 3.22. The first-order chi connectivity index (χ1) is 13.9. The van der Waals surface area contributed by atoms with Gasteiger partial charge in [0, 0.05) is 31.0 Å². The first-order valence-corrected chi connectivity index (χ1v) is 11.0. The fourth-order valence-electron chi connectivity index (χ4n) is 3.29. The molecule has 29 heavy (non-hydrogen) atoms. The van der Waals surface area contributed by atoms with Crippen molar-refractivity contribution in [2.75, 3.05) is 29.9 Å². The van der Waals surface area contributed by atoms with Gasteiger partial charge in [-0.05, 0) is 55.7 Å². The summed E-state index contributed by atoms with van der Waals surface area (Å²) < 4.78 is 24.3. The van der Waals surface area contributed by atoms with E-state index < -0.39 is 15.1 Å². The number of benzene rings is 2. The first kappa shape index (κ1) is 20.7. The van der Waals surface area contributed by atoms with Crippen LogP contribution in [0.15, 0.2) is 59.5 Å². The van der Waals surface area contributed by atoms with E-state index in [9.17, 15) is 13.2 Å². The molecule has 1 aliphatic rings. The molecule has 2 atom stereocenters. The maximum absolute atomic E-state index is 12.2. The number of nitriles is 1. The number of carbonyl (C=O) groups excluding carboxylic acids is 1. The summed E-state index contributed by atoms with van der Waals surface area (Å²) in [4.78, 5) is 14.5. The lowest BCUT2D eigenvalue weighted by molar-refractivity contribution is 0.250. The van der Waals surface area contributed by atoms with Crippen molar-refractivity contribution in [1.82, 2.24) is 5.32 Å². The molecular weight excluding hydrogens is 388 g/mol. The fourth-order valence-corrected chi connectivity index (χ4v) is 4.35. The largest absolute Gasteiger partial charge is 0.371 e. The summed E-state index contributed by atoms with van der Waals surface area (Å²) in [6, 6.07) is 17.4. The molecule has 7 nitrogen and oxygen atoms in total. The summed E-state index contributed by atoms with van der Waals surface area (Å²) in [5, 5.41) is 13.3. The quantitative estimate of drug-likeness (QED) is 0.759. The van der Waals surface area contributed by atoms with Gasteiger partial charge in [0.25, 0.3) is 0 Å². The standard InChI is InChI=1S/C21H24N4O3S/c1-16(13-22)29(27,28)20-9-7-18(8-10-20)24-21(26)23-14-17-11-12-25(15-17)19-5-3-2-4-6-19/h2-10,16-17H,11-12,14-15H2,1H3,(H2,23,24,26)/t16-,17+/m0/s1. The molecule has 1 heterocycles. The molecule has 0 aromatic heterocycles. The van der Waals surface area contributed by atoms with Crippen LogP contribution in [0.3, 0.4) is 0 Å². The van der Waals surface area contributed by atoms with Gasteiger partial charge in [0.05, 0.1) is 11.0 Å². The number of carbonyl (C=O) groups is 1. The van der Waals surface area contributed by atoms with Crippen LogP contribution in [0.25, 0.3) is 0 Å². The van der Waals surface area contributed by atoms with Crippen molar-refractivity contribution in [3.8, 4) is 6.07 Å². The van der Waals surface area contributed by atoms with E-state index in [2.05, 4.69) is 27.7 Å². The van der Waals surface area contributed by atoms with Crippen molar-refractivity contribution in [2.45, 2.75) is 23.5 Å². The van der Waals surface area contributed by atoms with Crippen molar-refractivity contribution in [1.29, 1.82) is 5.26 Å². The number of sulfone groups is 1. The van der Waals surface area contributed by atoms with Crippen molar-refractivity contribution in [3.63, 3.8) is 0 Å². The van der Waals surface area contributed by atoms with E-state index in [0.29, 0.717) is 18.2 Å². The van der Waals surface area contributed by atoms with E-state index in [1.165, 1.54) is 36.9 Å². The van der Waals surface area contributed by atoms with E-state index in [1.54, 1.807) is 6.07 Å². The maximum Gasteiger partial charge on any atom is 0.319 e. The van der Waals surface area contributed by atoms with Crippen molar-refractivity contribution < 1.29 is 13.2 Å². The number of urea groups is 1. The van der Waals surface area contributed by atoms with E-state index in [4.69, 9.17) is 5.26 Å². The molecule has 2 N–H and O–H groups in total. The highest BCUT2D eigenvalue weighted by Gasteiger charge is 2.24. The Balaban J connectivity index is 1.48. The fraction of sp³-hybridized carbons (Fsp3) is 0.333. The minimum absolute atomic E-state index is 0.0597. The molecule has 8 heteroatoms. The number of para-hydroxylation sites is 1. The summed E-state index contributed by atoms with van der Waals surface area (Å²) in [5.74, 6) is 0.376. The smallest absolute Gasteiger partial charge is 0.319 e. The van der Waals surface area contributed by atoms with Crippen molar-refractivity contribution >= 4 is 27.2 Å². The van der Waals surface area contributed by atoms with Crippen LogP contribution in [0, 0.1) is 17.2 Å². The van der Waals surface area contributed by atoms with E-state index in [0.717, 1.165) is 19.5 Å². The lowest BCUT2D eigenvalue weighted by Gasteiger charge is -2.18. The Labute approximate surface area is 171 Å². The molecule has 0 radical (unpaired) electrons. The molecule has 2 amide bonds. The average molecular weight is 413 g/mol. The SMILES string of the molecule is C[C@@H](C#N)S(=O)(=O)c1ccc(NC(=O)NC[C@H]2CCN(c3ccccc3)C2)cc1. The number of nitrogens with one attached hydrogen (secondary N) is 2. The van der Waals surface area contributed by atoms with Gasteiger partial charge in [-0.25, -0.2) is 13.2 Å². The number of nitrogens with zero attached hydrogens (tertiary/aromatic N) is 2. The van der Waals surface area contributed by atoms with Gasteiger partial charge in [-0.3, -0.25) is 0 Å². The predicted octanol–water partition coefficient (Wildman–Crippen LogP) is 3.02. The van der Waals surface area contributed by atoms with Crippen LogP contribution in [0.5, 0.6) is 0 Å². The van der Waals surface area contributed by atoms with Gasteiger partial charge in [0.2, 0.25) is 0 Å². The van der Waals surface area contributed by atoms with E-state index in [1.807, 2.05) is 18.2 Å². The second kappa shape index (κ2) is 8.97. The molecular formula is C21H24N4O3S. The van der Waals surface area contributed by atoms with Gasteiger partial charge in [0.1, 0.15) is 5.25 Å². The second-order valence-corrected chi connectivity index (χ2v) is 9.38. The Kier molecular flexibility index (Phi) is 6.39. The number of rotatable bonds is 6. The third kappa shape index (κ3) is 5.06. The highest BCUT2D eigenvalue weighted by molar-refractivity contribution is 7.92. The van der Waals surface area contributed by atoms with Crippen molar-refractivity contribution in [3.05, 3.63) is 54.6 Å². The van der Waals surface area contributed by atoms with Crippen LogP contribution in [-0.2, 0) is 9.84 Å². The minimum Gasteiger partial charge on any atom is -0.371 e. The predicted molar refractivity (Wildman–Crippen MR) is 112 cm³/mol. The monoisotopic (exact) mass is 412 g/mol. The Hall–Kier alpha value is -3.05. The van der Waals surface area contributed by atoms with Crippen LogP contribution in [0.4, 0.5) is 16.2 Å². The molecule has 1 fully saturated rings. The Morgan fingerprint density at radius 3 is 2.55 bits per heavy atom. The normalized spacial score (nSPS) is 17.4. The lowest BCUT2D eigenvalue weighted by atomic mass is 10.1. The van der Waals surface area contributed by atoms with Gasteiger partial charge >= 0.3 is 6.03 Å². The third-order valence-corrected chi connectivity index (χ3v) is 7.01. The van der Waals surface area contributed by atoms with Gasteiger partial charge in [-0.1, -0.05) is 18.2 Å². The summed E-state index contributed by atoms with van der Waals surface area (Å²) in [6.45, 7) is 3.78. The molecule has 0 bridgehead atoms. The highest BCUT2D eigenvalue weighted by Crippen LogP contribution is 2.23. The minimum atomic E-state index is -3.68. The summed E-state index contributed by atoms with van der Waals surface area (Å²) in [7, 11) is -3.68. The topological polar surface area (TPSA) is 102 Å². The van der Waals surface area contributed by atoms with E-state index in [-0.39, 0.29) is 10.9 Å². The molecule has 1 saturated heterocycles. The summed E-state index contributed by atoms with van der Waals surface area (Å²) in [6.07, 6.45) is 1.01. The summed E-state index contributed by atoms with van der Waals surface area (Å²) >= 11 is 0. The number of hydrogen-bond donors (Lipinski definition) is 2. The van der Waals surface area contributed by atoms with Crippen molar-refractivity contribution in [2.24, 2.45) is 5.92 Å². The number of hydrogen-bond acceptors (Lipinski definition) is 5. The second-order valence-electron chi connectivity index (χ2n) is 7.11. The Morgan fingerprint density at radius 2 is 1.90 bits per heavy atom. The van der Waals surface area contributed by atoms with Gasteiger partial charge in [-0.15, -0.1) is 0 Å². The summed E-state index contributed by atoms with van der Waals surface area (Å²) in [5.41, 5.74) is 1.68. The molecule has 152 valence electrons. The molecule has 2 aromatic rings. The molecule has 1 aliphatic heterocycles. The third-order valence-electron chi connectivity index (χ3n) is 5.05. The highest BCUT2D eigenvalue weighted by atomic mass is 32.2. The molecule has 3 rings (SSSR count). The molecule has 0 saturated carbocycles. The van der Waals surface area contributed by atoms with Crippen LogP contribution in [0.2, 0.25) is 0 Å². The van der Waals surface area contributed by atoms with Crippen LogP contribution < -0.4 is 15.5 Å². The van der Waals surface area contributed by atoms with Crippen LogP contribution in [0.1, 0.15) is 13.3 Å². The Bertz CT molecular complexity index is 985. The number of amides is 2. The van der Waals surface area contributed by atoms with Crippen LogP contribution >= 0.6 is 0 Å². The lowest BCUT2D eigenvalue weighted by Crippen LogP contribution is -2.34. The van der Waals surface area contributed by atoms with E-state index >= 15 is 0 Å². The van der Waals surface area contributed by atoms with Crippen LogP contribution in [-0.4, -0.2) is 39.3 Å². The molecule has 0 aliphatic carbocycles. The zero-order valence-corrected chi connectivity index (χ0v) is 17.0. The number of anilines is 2. The zero-order valence-electron chi connectivity index (χ0n) is 16.2.